The number of carbonyl (C=O) groups is 1. The second kappa shape index (κ2) is 7.97. The summed E-state index contributed by atoms with van der Waals surface area (Å²) in [5.74, 6) is 0.147. The molecule has 5 heteroatoms. The normalized spacial score (nSPS) is 21.2. The van der Waals surface area contributed by atoms with Crippen molar-refractivity contribution in [2.45, 2.75) is 51.6 Å². The van der Waals surface area contributed by atoms with Crippen LogP contribution < -0.4 is 10.6 Å². The number of rotatable bonds is 5. The summed E-state index contributed by atoms with van der Waals surface area (Å²) in [6.07, 6.45) is 3.35. The smallest absolute Gasteiger partial charge is 0.234 e. The maximum Gasteiger partial charge on any atom is 0.234 e. The monoisotopic (exact) mass is 277 g/mol. The highest BCUT2D eigenvalue weighted by molar-refractivity contribution is 5.85. The van der Waals surface area contributed by atoms with Crippen molar-refractivity contribution < 1.29 is 4.79 Å². The van der Waals surface area contributed by atoms with Crippen LogP contribution in [-0.4, -0.2) is 49.1 Å². The molecular formula is C13H28ClN3O. The van der Waals surface area contributed by atoms with Gasteiger partial charge >= 0.3 is 0 Å². The van der Waals surface area contributed by atoms with Crippen LogP contribution in [0.3, 0.4) is 0 Å². The topological polar surface area (TPSA) is 44.4 Å². The summed E-state index contributed by atoms with van der Waals surface area (Å²) in [5, 5.41) is 6.38. The first-order valence-electron chi connectivity index (χ1n) is 6.67. The summed E-state index contributed by atoms with van der Waals surface area (Å²) in [5.41, 5.74) is -0.0880. The number of amides is 1. The van der Waals surface area contributed by atoms with E-state index in [1.54, 1.807) is 0 Å². The standard InChI is InChI=1S/C13H27N3O.ClH/c1-5-13(2,3)15-12(17)10-16-8-6-7-11(9-16)14-4;/h11,14H,5-10H2,1-4H3,(H,15,17);1H. The molecule has 0 aromatic heterocycles. The summed E-state index contributed by atoms with van der Waals surface area (Å²) in [7, 11) is 1.99. The molecule has 1 aliphatic rings. The minimum atomic E-state index is -0.0880. The second-order valence-corrected chi connectivity index (χ2v) is 5.65. The average Bonchev–Trinajstić information content (AvgIpc) is 2.28. The number of likely N-dealkylation sites (tertiary alicyclic amines) is 1. The van der Waals surface area contributed by atoms with Crippen molar-refractivity contribution in [2.75, 3.05) is 26.7 Å². The molecule has 1 saturated heterocycles. The first-order valence-corrected chi connectivity index (χ1v) is 6.67. The van der Waals surface area contributed by atoms with Gasteiger partial charge < -0.3 is 10.6 Å². The zero-order valence-corrected chi connectivity index (χ0v) is 12.9. The highest BCUT2D eigenvalue weighted by atomic mass is 35.5. The molecule has 108 valence electrons. The van der Waals surface area contributed by atoms with Crippen molar-refractivity contribution in [1.29, 1.82) is 0 Å². The summed E-state index contributed by atoms with van der Waals surface area (Å²) < 4.78 is 0. The fraction of sp³-hybridized carbons (Fsp3) is 0.923. The number of hydrogen-bond acceptors (Lipinski definition) is 3. The molecule has 0 aliphatic carbocycles. The fourth-order valence-corrected chi connectivity index (χ4v) is 2.14. The molecule has 1 amide bonds. The van der Waals surface area contributed by atoms with Crippen LogP contribution in [0, 0.1) is 0 Å². The lowest BCUT2D eigenvalue weighted by Crippen LogP contribution is -2.51. The quantitative estimate of drug-likeness (QED) is 0.798. The van der Waals surface area contributed by atoms with E-state index in [1.165, 1.54) is 12.8 Å². The number of piperidine rings is 1. The third kappa shape index (κ3) is 6.03. The Morgan fingerprint density at radius 2 is 2.11 bits per heavy atom. The van der Waals surface area contributed by atoms with Gasteiger partial charge in [-0.2, -0.15) is 0 Å². The van der Waals surface area contributed by atoms with Crippen molar-refractivity contribution in [3.63, 3.8) is 0 Å². The summed E-state index contributed by atoms with van der Waals surface area (Å²) >= 11 is 0. The molecule has 0 aromatic rings. The Labute approximate surface area is 117 Å². The van der Waals surface area contributed by atoms with Gasteiger partial charge in [-0.3, -0.25) is 9.69 Å². The molecule has 0 radical (unpaired) electrons. The van der Waals surface area contributed by atoms with Crippen LogP contribution in [0.4, 0.5) is 0 Å². The van der Waals surface area contributed by atoms with Crippen LogP contribution in [0.15, 0.2) is 0 Å². The van der Waals surface area contributed by atoms with E-state index in [9.17, 15) is 4.79 Å². The van der Waals surface area contributed by atoms with E-state index in [-0.39, 0.29) is 23.9 Å². The van der Waals surface area contributed by atoms with Crippen molar-refractivity contribution in [1.82, 2.24) is 15.5 Å². The predicted octanol–water partition coefficient (Wildman–Crippen LogP) is 1.40. The molecule has 0 spiro atoms. The van der Waals surface area contributed by atoms with Gasteiger partial charge in [0.1, 0.15) is 0 Å². The third-order valence-corrected chi connectivity index (χ3v) is 3.64. The van der Waals surface area contributed by atoms with Crippen LogP contribution >= 0.6 is 12.4 Å². The Morgan fingerprint density at radius 1 is 1.44 bits per heavy atom. The first-order chi connectivity index (χ1) is 7.96. The lowest BCUT2D eigenvalue weighted by molar-refractivity contribution is -0.124. The van der Waals surface area contributed by atoms with Gasteiger partial charge in [0.25, 0.3) is 0 Å². The Balaban J connectivity index is 0.00000289. The lowest BCUT2D eigenvalue weighted by Gasteiger charge is -2.33. The molecule has 4 nitrogen and oxygen atoms in total. The summed E-state index contributed by atoms with van der Waals surface area (Å²) in [4.78, 5) is 14.1. The predicted molar refractivity (Wildman–Crippen MR) is 78.3 cm³/mol. The van der Waals surface area contributed by atoms with Gasteiger partial charge in [0, 0.05) is 18.1 Å². The molecule has 1 atom stereocenters. The molecule has 1 unspecified atom stereocenters. The second-order valence-electron chi connectivity index (χ2n) is 5.65. The Hall–Kier alpha value is -0.320. The van der Waals surface area contributed by atoms with Gasteiger partial charge in [0.15, 0.2) is 0 Å². The van der Waals surface area contributed by atoms with Gasteiger partial charge in [-0.25, -0.2) is 0 Å². The highest BCUT2D eigenvalue weighted by Crippen LogP contribution is 2.10. The molecule has 1 heterocycles. The fourth-order valence-electron chi connectivity index (χ4n) is 2.14. The molecule has 0 aromatic carbocycles. The minimum absolute atomic E-state index is 0. The van der Waals surface area contributed by atoms with Gasteiger partial charge in [0.05, 0.1) is 6.54 Å². The average molecular weight is 278 g/mol. The molecule has 0 saturated carbocycles. The summed E-state index contributed by atoms with van der Waals surface area (Å²) in [6, 6.07) is 0.538. The first kappa shape index (κ1) is 17.7. The third-order valence-electron chi connectivity index (χ3n) is 3.64. The number of hydrogen-bond donors (Lipinski definition) is 2. The molecule has 18 heavy (non-hydrogen) atoms. The zero-order valence-electron chi connectivity index (χ0n) is 12.1. The number of carbonyl (C=O) groups excluding carboxylic acids is 1. The lowest BCUT2D eigenvalue weighted by atomic mass is 10.0. The Morgan fingerprint density at radius 3 is 2.67 bits per heavy atom. The van der Waals surface area contributed by atoms with Crippen LogP contribution in [0.25, 0.3) is 0 Å². The molecule has 2 N–H and O–H groups in total. The van der Waals surface area contributed by atoms with Crippen LogP contribution in [0.5, 0.6) is 0 Å². The molecular weight excluding hydrogens is 250 g/mol. The number of likely N-dealkylation sites (N-methyl/N-ethyl adjacent to an activating group) is 1. The molecule has 1 fully saturated rings. The van der Waals surface area contributed by atoms with E-state index in [1.807, 2.05) is 7.05 Å². The van der Waals surface area contributed by atoms with Crippen molar-refractivity contribution in [2.24, 2.45) is 0 Å². The van der Waals surface area contributed by atoms with E-state index < -0.39 is 0 Å². The van der Waals surface area contributed by atoms with Crippen molar-refractivity contribution >= 4 is 18.3 Å². The molecule has 1 rings (SSSR count). The van der Waals surface area contributed by atoms with Gasteiger partial charge in [0.2, 0.25) is 5.91 Å². The van der Waals surface area contributed by atoms with E-state index in [2.05, 4.69) is 36.3 Å². The van der Waals surface area contributed by atoms with Crippen molar-refractivity contribution in [3.8, 4) is 0 Å². The van der Waals surface area contributed by atoms with Crippen LogP contribution in [0.2, 0.25) is 0 Å². The van der Waals surface area contributed by atoms with Gasteiger partial charge in [-0.1, -0.05) is 6.92 Å². The number of nitrogens with zero attached hydrogens (tertiary/aromatic N) is 1. The van der Waals surface area contributed by atoms with Gasteiger partial charge in [-0.05, 0) is 46.7 Å². The maximum atomic E-state index is 11.9. The minimum Gasteiger partial charge on any atom is -0.350 e. The van der Waals surface area contributed by atoms with Gasteiger partial charge in [-0.15, -0.1) is 12.4 Å². The van der Waals surface area contributed by atoms with Crippen LogP contribution in [-0.2, 0) is 4.79 Å². The SMILES string of the molecule is CCC(C)(C)NC(=O)CN1CCCC(NC)C1.Cl. The van der Waals surface area contributed by atoms with E-state index in [0.29, 0.717) is 12.6 Å². The Bertz CT molecular complexity index is 259. The molecule has 0 bridgehead atoms. The highest BCUT2D eigenvalue weighted by Gasteiger charge is 2.23. The van der Waals surface area contributed by atoms with E-state index >= 15 is 0 Å². The van der Waals surface area contributed by atoms with Crippen LogP contribution in [0.1, 0.15) is 40.0 Å². The maximum absolute atomic E-state index is 11.9. The van der Waals surface area contributed by atoms with E-state index in [0.717, 1.165) is 19.5 Å². The van der Waals surface area contributed by atoms with E-state index in [4.69, 9.17) is 0 Å². The largest absolute Gasteiger partial charge is 0.350 e. The number of nitrogens with one attached hydrogen (secondary N) is 2. The van der Waals surface area contributed by atoms with Crippen molar-refractivity contribution in [3.05, 3.63) is 0 Å². The number of halogens is 1. The summed E-state index contributed by atoms with van der Waals surface area (Å²) in [6.45, 7) is 8.78. The molecule has 1 aliphatic heterocycles. The zero-order chi connectivity index (χ0) is 12.9. The Kier molecular flexibility index (Phi) is 7.83.